The average Bonchev–Trinajstić information content (AvgIpc) is 3.31. The van der Waals surface area contributed by atoms with Gasteiger partial charge in [0.15, 0.2) is 6.10 Å². The Morgan fingerprint density at radius 2 is 0.591 bits per heavy atom. The van der Waals surface area contributed by atoms with Gasteiger partial charge in [-0.05, 0) is 70.6 Å². The molecule has 0 N–H and O–H groups in total. The standard InChI is InChI=1S/C60H104O6/c1-4-7-10-13-16-19-22-24-26-28-29-30-31-33-34-36-38-41-44-47-50-53-59(62)65-56-57(55-64-58(61)52-49-46-43-40-21-18-15-12-9-6-3)66-60(63)54-51-48-45-42-39-37-35-32-27-25-23-20-17-14-11-8-5-2/h7,10,16,19,24,26,29-30,33-34,38,41,57H,4-6,8-9,11-15,17-18,20-23,25,27-28,31-32,35-37,39-40,42-56H2,1-3H3/b10-7-,19-16-,26-24-,30-29-,34-33-,41-38-. The van der Waals surface area contributed by atoms with Gasteiger partial charge in [-0.1, -0.05) is 254 Å². The van der Waals surface area contributed by atoms with Crippen molar-refractivity contribution in [2.24, 2.45) is 0 Å². The summed E-state index contributed by atoms with van der Waals surface area (Å²) >= 11 is 0. The topological polar surface area (TPSA) is 78.9 Å². The van der Waals surface area contributed by atoms with Crippen LogP contribution in [0.1, 0.15) is 271 Å². The number of hydrogen-bond donors (Lipinski definition) is 0. The van der Waals surface area contributed by atoms with Crippen LogP contribution in [0, 0.1) is 0 Å². The Kier molecular flexibility index (Phi) is 51.9. The summed E-state index contributed by atoms with van der Waals surface area (Å²) in [5.41, 5.74) is 0. The molecule has 0 aromatic carbocycles. The van der Waals surface area contributed by atoms with E-state index in [9.17, 15) is 14.4 Å². The minimum absolute atomic E-state index is 0.0860. The van der Waals surface area contributed by atoms with E-state index in [1.54, 1.807) is 0 Å². The van der Waals surface area contributed by atoms with E-state index < -0.39 is 6.10 Å². The molecule has 380 valence electrons. The zero-order chi connectivity index (χ0) is 47.9. The van der Waals surface area contributed by atoms with Crippen LogP contribution in [0.5, 0.6) is 0 Å². The predicted octanol–water partition coefficient (Wildman–Crippen LogP) is 18.6. The van der Waals surface area contributed by atoms with Crippen molar-refractivity contribution < 1.29 is 28.6 Å². The molecule has 6 nitrogen and oxygen atoms in total. The summed E-state index contributed by atoms with van der Waals surface area (Å²) in [6.45, 7) is 6.50. The van der Waals surface area contributed by atoms with E-state index in [-0.39, 0.29) is 31.1 Å². The van der Waals surface area contributed by atoms with Gasteiger partial charge in [0.1, 0.15) is 13.2 Å². The highest BCUT2D eigenvalue weighted by Crippen LogP contribution is 2.16. The van der Waals surface area contributed by atoms with Crippen molar-refractivity contribution >= 4 is 17.9 Å². The first kappa shape index (κ1) is 62.8. The zero-order valence-corrected chi connectivity index (χ0v) is 43.4. The van der Waals surface area contributed by atoms with Crippen molar-refractivity contribution in [3.63, 3.8) is 0 Å². The third-order valence-electron chi connectivity index (χ3n) is 12.0. The molecule has 0 rings (SSSR count). The monoisotopic (exact) mass is 921 g/mol. The molecule has 0 spiro atoms. The van der Waals surface area contributed by atoms with E-state index in [0.717, 1.165) is 96.3 Å². The van der Waals surface area contributed by atoms with E-state index in [0.29, 0.717) is 19.3 Å². The largest absolute Gasteiger partial charge is 0.462 e. The number of allylic oxidation sites excluding steroid dienone is 12. The molecule has 0 radical (unpaired) electrons. The van der Waals surface area contributed by atoms with Crippen molar-refractivity contribution in [1.29, 1.82) is 0 Å². The first-order valence-electron chi connectivity index (χ1n) is 27.9. The first-order valence-corrected chi connectivity index (χ1v) is 27.9. The van der Waals surface area contributed by atoms with Crippen molar-refractivity contribution in [3.8, 4) is 0 Å². The van der Waals surface area contributed by atoms with Gasteiger partial charge in [0.2, 0.25) is 0 Å². The van der Waals surface area contributed by atoms with Gasteiger partial charge in [-0.3, -0.25) is 14.4 Å². The lowest BCUT2D eigenvalue weighted by molar-refractivity contribution is -0.167. The second kappa shape index (κ2) is 54.5. The van der Waals surface area contributed by atoms with Gasteiger partial charge in [-0.15, -0.1) is 0 Å². The molecule has 0 aromatic rings. The lowest BCUT2D eigenvalue weighted by Crippen LogP contribution is -2.30. The van der Waals surface area contributed by atoms with Crippen molar-refractivity contribution in [2.75, 3.05) is 13.2 Å². The van der Waals surface area contributed by atoms with Gasteiger partial charge >= 0.3 is 17.9 Å². The molecular formula is C60H104O6. The second-order valence-corrected chi connectivity index (χ2v) is 18.5. The fourth-order valence-electron chi connectivity index (χ4n) is 7.80. The van der Waals surface area contributed by atoms with Crippen molar-refractivity contribution in [1.82, 2.24) is 0 Å². The molecule has 0 aliphatic rings. The predicted molar refractivity (Wildman–Crippen MR) is 284 cm³/mol. The molecule has 1 atom stereocenters. The van der Waals surface area contributed by atoms with Crippen LogP contribution in [0.3, 0.4) is 0 Å². The molecular weight excluding hydrogens is 817 g/mol. The summed E-state index contributed by atoms with van der Waals surface area (Å²) in [5, 5.41) is 0. The number of unbranched alkanes of at least 4 members (excludes halogenated alkanes) is 27. The summed E-state index contributed by atoms with van der Waals surface area (Å²) in [5.74, 6) is -0.924. The van der Waals surface area contributed by atoms with Crippen LogP contribution < -0.4 is 0 Å². The average molecular weight is 921 g/mol. The quantitative estimate of drug-likeness (QED) is 0.0262. The number of esters is 3. The fourth-order valence-corrected chi connectivity index (χ4v) is 7.80. The maximum absolute atomic E-state index is 12.8. The molecule has 66 heavy (non-hydrogen) atoms. The summed E-state index contributed by atoms with van der Waals surface area (Å²) in [4.78, 5) is 38.0. The summed E-state index contributed by atoms with van der Waals surface area (Å²) in [6, 6.07) is 0. The normalized spacial score (nSPS) is 12.6. The summed E-state index contributed by atoms with van der Waals surface area (Å²) in [7, 11) is 0. The molecule has 0 fully saturated rings. The van der Waals surface area contributed by atoms with Gasteiger partial charge in [0.05, 0.1) is 0 Å². The van der Waals surface area contributed by atoms with E-state index in [2.05, 4.69) is 93.7 Å². The highest BCUT2D eigenvalue weighted by Gasteiger charge is 2.19. The first-order chi connectivity index (χ1) is 32.5. The van der Waals surface area contributed by atoms with Crippen LogP contribution in [0.4, 0.5) is 0 Å². The number of carbonyl (C=O) groups is 3. The number of ether oxygens (including phenoxy) is 3. The third-order valence-corrected chi connectivity index (χ3v) is 12.0. The molecule has 0 saturated carbocycles. The van der Waals surface area contributed by atoms with Crippen LogP contribution in [0.15, 0.2) is 72.9 Å². The maximum atomic E-state index is 12.8. The minimum atomic E-state index is -0.789. The Balaban J connectivity index is 4.38. The van der Waals surface area contributed by atoms with Crippen LogP contribution >= 0.6 is 0 Å². The lowest BCUT2D eigenvalue weighted by Gasteiger charge is -2.18. The molecule has 0 aromatic heterocycles. The highest BCUT2D eigenvalue weighted by atomic mass is 16.6. The molecule has 0 heterocycles. The zero-order valence-electron chi connectivity index (χ0n) is 43.4. The Bertz CT molecular complexity index is 1240. The highest BCUT2D eigenvalue weighted by molar-refractivity contribution is 5.71. The lowest BCUT2D eigenvalue weighted by atomic mass is 10.0. The minimum Gasteiger partial charge on any atom is -0.462 e. The molecule has 0 aliphatic heterocycles. The molecule has 1 unspecified atom stereocenters. The van der Waals surface area contributed by atoms with Crippen LogP contribution in [-0.4, -0.2) is 37.2 Å². The Morgan fingerprint density at radius 3 is 0.924 bits per heavy atom. The van der Waals surface area contributed by atoms with Crippen molar-refractivity contribution in [3.05, 3.63) is 72.9 Å². The van der Waals surface area contributed by atoms with E-state index in [4.69, 9.17) is 14.2 Å². The fraction of sp³-hybridized carbons (Fsp3) is 0.750. The van der Waals surface area contributed by atoms with Gasteiger partial charge in [0, 0.05) is 19.3 Å². The molecule has 0 amide bonds. The number of hydrogen-bond acceptors (Lipinski definition) is 6. The van der Waals surface area contributed by atoms with Gasteiger partial charge in [-0.25, -0.2) is 0 Å². The third kappa shape index (κ3) is 51.8. The van der Waals surface area contributed by atoms with Crippen LogP contribution in [-0.2, 0) is 28.6 Å². The number of carbonyl (C=O) groups excluding carboxylic acids is 3. The second-order valence-electron chi connectivity index (χ2n) is 18.5. The van der Waals surface area contributed by atoms with E-state index in [1.165, 1.54) is 135 Å². The molecule has 0 aliphatic carbocycles. The van der Waals surface area contributed by atoms with Crippen LogP contribution in [0.25, 0.3) is 0 Å². The Labute approximate surface area is 408 Å². The molecule has 6 heteroatoms. The Hall–Kier alpha value is -3.15. The maximum Gasteiger partial charge on any atom is 0.306 e. The number of rotatable bonds is 50. The van der Waals surface area contributed by atoms with E-state index >= 15 is 0 Å². The van der Waals surface area contributed by atoms with Gasteiger partial charge in [-0.2, -0.15) is 0 Å². The summed E-state index contributed by atoms with van der Waals surface area (Å²) in [6.07, 6.45) is 68.9. The Morgan fingerprint density at radius 1 is 0.318 bits per heavy atom. The van der Waals surface area contributed by atoms with Gasteiger partial charge < -0.3 is 14.2 Å². The van der Waals surface area contributed by atoms with Crippen LogP contribution in [0.2, 0.25) is 0 Å². The summed E-state index contributed by atoms with van der Waals surface area (Å²) < 4.78 is 16.8. The smallest absolute Gasteiger partial charge is 0.306 e. The SMILES string of the molecule is CC/C=C\C/C=C\C/C=C\C/C=C\C/C=C\C/C=C\CCCCC(=O)OCC(COC(=O)CCCCCCCCCCCC)OC(=O)CCCCCCCCCCCCCCCCCCC. The van der Waals surface area contributed by atoms with E-state index in [1.807, 2.05) is 0 Å². The van der Waals surface area contributed by atoms with Gasteiger partial charge in [0.25, 0.3) is 0 Å². The molecule has 0 saturated heterocycles. The molecule has 0 bridgehead atoms. The van der Waals surface area contributed by atoms with Crippen molar-refractivity contribution in [2.45, 2.75) is 277 Å².